The van der Waals surface area contributed by atoms with Gasteiger partial charge in [0.2, 0.25) is 5.84 Å². The number of aliphatic imine (C=N–C) groups is 1. The van der Waals surface area contributed by atoms with Gasteiger partial charge in [-0.1, -0.05) is 0 Å². The van der Waals surface area contributed by atoms with E-state index in [0.29, 0.717) is 6.20 Å². The summed E-state index contributed by atoms with van der Waals surface area (Å²) < 4.78 is 35.1. The summed E-state index contributed by atoms with van der Waals surface area (Å²) in [7, 11) is 0. The summed E-state index contributed by atoms with van der Waals surface area (Å²) in [5.41, 5.74) is 0. The summed E-state index contributed by atoms with van der Waals surface area (Å²) in [4.78, 5) is 13.0. The predicted molar refractivity (Wildman–Crippen MR) is 28.4 cm³/mol. The van der Waals surface area contributed by atoms with Crippen LogP contribution >= 0.6 is 0 Å². The Balaban J connectivity index is 2.83. The van der Waals surface area contributed by atoms with Crippen molar-refractivity contribution in [3.63, 3.8) is 0 Å². The highest BCUT2D eigenvalue weighted by Crippen LogP contribution is 2.17. The molecule has 0 spiro atoms. The summed E-state index contributed by atoms with van der Waals surface area (Å²) in [6.45, 7) is 0. The van der Waals surface area contributed by atoms with Crippen molar-refractivity contribution in [1.29, 1.82) is 0 Å². The molecule has 0 aromatic carbocycles. The second-order valence-electron chi connectivity index (χ2n) is 1.64. The summed E-state index contributed by atoms with van der Waals surface area (Å²) in [6.07, 6.45) is -2.14. The molecule has 1 aliphatic rings. The Hall–Kier alpha value is -1.33. The first-order valence-corrected chi connectivity index (χ1v) is 2.49. The molecular formula is C5HF3N2O. The molecule has 3 nitrogen and oxygen atoms in total. The highest BCUT2D eigenvalue weighted by atomic mass is 19.4. The molecule has 0 aromatic rings. The predicted octanol–water partition coefficient (Wildman–Crippen LogP) is 0.409. The summed E-state index contributed by atoms with van der Waals surface area (Å²) in [6, 6.07) is 0. The van der Waals surface area contributed by atoms with E-state index in [2.05, 4.69) is 10.3 Å². The molecule has 0 fully saturated rings. The van der Waals surface area contributed by atoms with Crippen LogP contribution in [-0.4, -0.2) is 17.9 Å². The molecular weight excluding hydrogens is 161 g/mol. The van der Waals surface area contributed by atoms with Crippen molar-refractivity contribution < 1.29 is 18.0 Å². The van der Waals surface area contributed by atoms with E-state index in [-0.39, 0.29) is 0 Å². The maximum absolute atomic E-state index is 11.7. The monoisotopic (exact) mass is 162 g/mol. The third-order valence-electron chi connectivity index (χ3n) is 0.836. The molecule has 1 heterocycles. The minimum absolute atomic E-state index is 0.651. The number of rotatable bonds is 0. The molecule has 1 amide bonds. The molecule has 0 saturated carbocycles. The molecule has 11 heavy (non-hydrogen) atoms. The van der Waals surface area contributed by atoms with Crippen LogP contribution in [0, 0.1) is 6.08 Å². The fourth-order valence-electron chi connectivity index (χ4n) is 0.443. The molecule has 0 aliphatic carbocycles. The number of halogens is 3. The van der Waals surface area contributed by atoms with Gasteiger partial charge in [0.25, 0.3) is 5.91 Å². The Labute approximate surface area is 59.6 Å². The van der Waals surface area contributed by atoms with E-state index >= 15 is 0 Å². The maximum Gasteiger partial charge on any atom is 0.451 e. The number of amidine groups is 1. The normalized spacial score (nSPS) is 17.7. The number of amides is 1. The second kappa shape index (κ2) is 2.37. The van der Waals surface area contributed by atoms with Gasteiger partial charge in [-0.25, -0.2) is 4.99 Å². The van der Waals surface area contributed by atoms with Gasteiger partial charge in [-0.2, -0.15) is 18.5 Å². The molecule has 0 N–H and O–H groups in total. The maximum atomic E-state index is 11.7. The molecule has 58 valence electrons. The molecule has 2 radical (unpaired) electrons. The second-order valence-corrected chi connectivity index (χ2v) is 1.64. The van der Waals surface area contributed by atoms with Gasteiger partial charge in [-0.3, -0.25) is 4.79 Å². The lowest BCUT2D eigenvalue weighted by Crippen LogP contribution is -2.36. The number of hydrogen-bond acceptors (Lipinski definition) is 2. The molecule has 0 unspecified atom stereocenters. The van der Waals surface area contributed by atoms with Crippen LogP contribution in [-0.2, 0) is 4.79 Å². The largest absolute Gasteiger partial charge is 0.451 e. The molecule has 1 rings (SSSR count). The quantitative estimate of drug-likeness (QED) is 0.508. The van der Waals surface area contributed by atoms with Crippen molar-refractivity contribution >= 4 is 11.7 Å². The standard InChI is InChI=1S/C5HF3N2O/c6-5(7,8)4-9-2-1-3(11)10-4/h2H. The van der Waals surface area contributed by atoms with E-state index in [9.17, 15) is 18.0 Å². The fraction of sp³-hybridized carbons (Fsp3) is 0.200. The first kappa shape index (κ1) is 7.77. The Morgan fingerprint density at radius 2 is 2.09 bits per heavy atom. The minimum Gasteiger partial charge on any atom is -0.267 e. The van der Waals surface area contributed by atoms with E-state index in [0.717, 1.165) is 0 Å². The fourth-order valence-corrected chi connectivity index (χ4v) is 0.443. The number of nitrogens with zero attached hydrogens (tertiary/aromatic N) is 2. The van der Waals surface area contributed by atoms with Crippen molar-refractivity contribution in [2.24, 2.45) is 4.99 Å². The third kappa shape index (κ3) is 1.79. The average molecular weight is 162 g/mol. The van der Waals surface area contributed by atoms with Crippen LogP contribution < -0.4 is 5.32 Å². The van der Waals surface area contributed by atoms with Crippen molar-refractivity contribution in [2.75, 3.05) is 0 Å². The topological polar surface area (TPSA) is 43.5 Å². The van der Waals surface area contributed by atoms with Gasteiger partial charge in [0, 0.05) is 6.20 Å². The lowest BCUT2D eigenvalue weighted by Gasteiger charge is -2.08. The van der Waals surface area contributed by atoms with Gasteiger partial charge in [0.05, 0.1) is 6.08 Å². The summed E-state index contributed by atoms with van der Waals surface area (Å²) in [5.74, 6) is -2.49. The van der Waals surface area contributed by atoms with E-state index in [1.54, 1.807) is 0 Å². The zero-order valence-corrected chi connectivity index (χ0v) is 5.01. The van der Waals surface area contributed by atoms with Crippen molar-refractivity contribution in [3.05, 3.63) is 12.3 Å². The van der Waals surface area contributed by atoms with E-state index in [4.69, 9.17) is 0 Å². The average Bonchev–Trinajstić information content (AvgIpc) is 1.86. The first-order chi connectivity index (χ1) is 5.00. The number of carbonyl (C=O) groups excluding carboxylic acids is 1. The van der Waals surface area contributed by atoms with Crippen molar-refractivity contribution in [2.45, 2.75) is 6.18 Å². The van der Waals surface area contributed by atoms with E-state index in [1.807, 2.05) is 6.08 Å². The van der Waals surface area contributed by atoms with Gasteiger partial charge in [0.15, 0.2) is 0 Å². The van der Waals surface area contributed by atoms with Gasteiger partial charge < -0.3 is 0 Å². The highest BCUT2D eigenvalue weighted by Gasteiger charge is 2.39. The van der Waals surface area contributed by atoms with Gasteiger partial charge in [-0.15, -0.1) is 0 Å². The van der Waals surface area contributed by atoms with E-state index in [1.165, 1.54) is 0 Å². The van der Waals surface area contributed by atoms with Crippen LogP contribution in [0.3, 0.4) is 0 Å². The SMILES string of the molecule is O=C1[C]=CN=C(C(F)(F)F)[N]1. The first-order valence-electron chi connectivity index (χ1n) is 2.49. The number of carbonyl (C=O) groups is 1. The van der Waals surface area contributed by atoms with Crippen LogP contribution in [0.15, 0.2) is 11.2 Å². The molecule has 0 saturated heterocycles. The molecule has 0 aromatic heterocycles. The van der Waals surface area contributed by atoms with Crippen molar-refractivity contribution in [3.8, 4) is 0 Å². The lowest BCUT2D eigenvalue weighted by molar-refractivity contribution is -0.117. The Morgan fingerprint density at radius 3 is 2.45 bits per heavy atom. The zero-order valence-electron chi connectivity index (χ0n) is 5.01. The third-order valence-corrected chi connectivity index (χ3v) is 0.836. The highest BCUT2D eigenvalue weighted by molar-refractivity contribution is 6.05. The van der Waals surface area contributed by atoms with E-state index < -0.39 is 17.9 Å². The lowest BCUT2D eigenvalue weighted by atomic mass is 10.4. The number of hydrogen-bond donors (Lipinski definition) is 0. The van der Waals surface area contributed by atoms with Crippen LogP contribution in [0.4, 0.5) is 13.2 Å². The van der Waals surface area contributed by atoms with Crippen molar-refractivity contribution in [1.82, 2.24) is 5.32 Å². The Morgan fingerprint density at radius 1 is 1.45 bits per heavy atom. The minimum atomic E-state index is -4.66. The molecule has 0 bridgehead atoms. The van der Waals surface area contributed by atoms with Gasteiger partial charge >= 0.3 is 6.18 Å². The number of alkyl halides is 3. The van der Waals surface area contributed by atoms with Crippen LogP contribution in [0.5, 0.6) is 0 Å². The van der Waals surface area contributed by atoms with Crippen LogP contribution in [0.1, 0.15) is 0 Å². The van der Waals surface area contributed by atoms with Crippen LogP contribution in [0.2, 0.25) is 0 Å². The molecule has 1 aliphatic heterocycles. The summed E-state index contributed by atoms with van der Waals surface area (Å²) >= 11 is 0. The summed E-state index contributed by atoms with van der Waals surface area (Å²) in [5, 5.41) is 2.60. The Bertz CT molecular complexity index is 241. The Kier molecular flexibility index (Phi) is 1.67. The van der Waals surface area contributed by atoms with Gasteiger partial charge in [0.1, 0.15) is 0 Å². The zero-order chi connectivity index (χ0) is 8.48. The molecule has 6 heteroatoms. The smallest absolute Gasteiger partial charge is 0.267 e. The van der Waals surface area contributed by atoms with Gasteiger partial charge in [-0.05, 0) is 0 Å². The van der Waals surface area contributed by atoms with Crippen LogP contribution in [0.25, 0.3) is 0 Å². The molecule has 0 atom stereocenters.